The fourth-order valence-electron chi connectivity index (χ4n) is 2.15. The summed E-state index contributed by atoms with van der Waals surface area (Å²) in [6.45, 7) is 0. The van der Waals surface area contributed by atoms with Crippen molar-refractivity contribution in [3.63, 3.8) is 0 Å². The Bertz CT molecular complexity index is 1140. The van der Waals surface area contributed by atoms with Gasteiger partial charge in [0.05, 0.1) is 9.92 Å². The summed E-state index contributed by atoms with van der Waals surface area (Å²) in [7, 11) is -4.18. The van der Waals surface area contributed by atoms with Crippen molar-refractivity contribution in [3.8, 4) is 11.8 Å². The van der Waals surface area contributed by atoms with E-state index in [1.165, 1.54) is 30.5 Å². The van der Waals surface area contributed by atoms with E-state index in [4.69, 9.17) is 11.6 Å². The lowest BCUT2D eigenvalue weighted by Crippen LogP contribution is -2.15. The first kappa shape index (κ1) is 18.8. The summed E-state index contributed by atoms with van der Waals surface area (Å²) in [6.07, 6.45) is 3.04. The van der Waals surface area contributed by atoms with Gasteiger partial charge >= 0.3 is 0 Å². The predicted molar refractivity (Wildman–Crippen MR) is 98.8 cm³/mol. The summed E-state index contributed by atoms with van der Waals surface area (Å²) in [5, 5.41) is -0.487. The van der Waals surface area contributed by atoms with Gasteiger partial charge in [-0.3, -0.25) is 9.71 Å². The van der Waals surface area contributed by atoms with Gasteiger partial charge in [0, 0.05) is 23.5 Å². The molecular formula is C19H11ClF2N2O2S. The van der Waals surface area contributed by atoms with Gasteiger partial charge < -0.3 is 0 Å². The third-order valence-corrected chi connectivity index (χ3v) is 5.19. The number of nitrogens with one attached hydrogen (secondary N) is 1. The van der Waals surface area contributed by atoms with Gasteiger partial charge in [-0.15, -0.1) is 0 Å². The topological polar surface area (TPSA) is 59.1 Å². The minimum Gasteiger partial charge on any atom is -0.274 e. The Morgan fingerprint density at radius 1 is 1.04 bits per heavy atom. The zero-order valence-electron chi connectivity index (χ0n) is 13.6. The predicted octanol–water partition coefficient (Wildman–Crippen LogP) is 4.21. The van der Waals surface area contributed by atoms with E-state index in [0.29, 0.717) is 5.56 Å². The van der Waals surface area contributed by atoms with E-state index in [1.807, 2.05) is 4.72 Å². The maximum absolute atomic E-state index is 14.5. The van der Waals surface area contributed by atoms with Gasteiger partial charge in [0.25, 0.3) is 10.0 Å². The minimum atomic E-state index is -4.18. The number of sulfonamides is 1. The molecule has 0 fully saturated rings. The van der Waals surface area contributed by atoms with E-state index < -0.39 is 32.4 Å². The SMILES string of the molecule is O=S(=O)(Nc1c(F)cc(C#Cc2cccnc2)c(Cl)c1F)c1ccccc1. The minimum absolute atomic E-state index is 0.113. The van der Waals surface area contributed by atoms with Crippen LogP contribution in [0.1, 0.15) is 11.1 Å². The second-order valence-electron chi connectivity index (χ2n) is 5.32. The van der Waals surface area contributed by atoms with Gasteiger partial charge in [0.2, 0.25) is 0 Å². The van der Waals surface area contributed by atoms with E-state index in [2.05, 4.69) is 16.8 Å². The Morgan fingerprint density at radius 3 is 2.44 bits per heavy atom. The number of nitrogens with zero attached hydrogens (tertiary/aromatic N) is 1. The van der Waals surface area contributed by atoms with Crippen LogP contribution < -0.4 is 4.72 Å². The van der Waals surface area contributed by atoms with Gasteiger partial charge in [-0.2, -0.15) is 0 Å². The Kier molecular flexibility index (Phi) is 5.40. The molecule has 0 unspecified atom stereocenters. The van der Waals surface area contributed by atoms with Crippen molar-refractivity contribution in [2.24, 2.45) is 0 Å². The Hall–Kier alpha value is -2.95. The molecule has 0 amide bonds. The average Bonchev–Trinajstić information content (AvgIpc) is 2.68. The van der Waals surface area contributed by atoms with Crippen LogP contribution in [-0.2, 0) is 10.0 Å². The number of anilines is 1. The van der Waals surface area contributed by atoms with Crippen molar-refractivity contribution in [1.29, 1.82) is 0 Å². The quantitative estimate of drug-likeness (QED) is 0.525. The molecule has 2 aromatic carbocycles. The lowest BCUT2D eigenvalue weighted by molar-refractivity contribution is 0.582. The van der Waals surface area contributed by atoms with Crippen molar-refractivity contribution in [2.45, 2.75) is 4.90 Å². The Morgan fingerprint density at radius 2 is 1.78 bits per heavy atom. The second kappa shape index (κ2) is 7.74. The largest absolute Gasteiger partial charge is 0.274 e. The first-order chi connectivity index (χ1) is 12.9. The zero-order chi connectivity index (χ0) is 19.4. The highest BCUT2D eigenvalue weighted by Gasteiger charge is 2.22. The number of hydrogen-bond acceptors (Lipinski definition) is 3. The summed E-state index contributed by atoms with van der Waals surface area (Å²) in [5.41, 5.74) is -0.447. The molecule has 0 radical (unpaired) electrons. The Labute approximate surface area is 159 Å². The van der Waals surface area contributed by atoms with Crippen LogP contribution in [0.4, 0.5) is 14.5 Å². The van der Waals surface area contributed by atoms with Gasteiger partial charge in [-0.25, -0.2) is 17.2 Å². The van der Waals surface area contributed by atoms with Crippen LogP contribution in [0.25, 0.3) is 0 Å². The van der Waals surface area contributed by atoms with Crippen molar-refractivity contribution >= 4 is 27.3 Å². The third kappa shape index (κ3) is 4.25. The van der Waals surface area contributed by atoms with E-state index in [-0.39, 0.29) is 10.5 Å². The molecule has 3 rings (SSSR count). The molecule has 4 nitrogen and oxygen atoms in total. The molecule has 27 heavy (non-hydrogen) atoms. The van der Waals surface area contributed by atoms with E-state index in [9.17, 15) is 17.2 Å². The van der Waals surface area contributed by atoms with Crippen LogP contribution in [0.15, 0.2) is 65.8 Å². The molecular weight excluding hydrogens is 394 g/mol. The molecule has 8 heteroatoms. The molecule has 1 N–H and O–H groups in total. The molecule has 136 valence electrons. The van der Waals surface area contributed by atoms with E-state index >= 15 is 0 Å². The lowest BCUT2D eigenvalue weighted by atomic mass is 10.1. The van der Waals surface area contributed by atoms with Crippen LogP contribution in [0.5, 0.6) is 0 Å². The second-order valence-corrected chi connectivity index (χ2v) is 7.38. The van der Waals surface area contributed by atoms with Crippen molar-refractivity contribution in [3.05, 3.63) is 88.7 Å². The van der Waals surface area contributed by atoms with Crippen LogP contribution in [0.2, 0.25) is 5.02 Å². The Balaban J connectivity index is 1.98. The molecule has 1 aromatic heterocycles. The fraction of sp³-hybridized carbons (Fsp3) is 0. The highest BCUT2D eigenvalue weighted by Crippen LogP contribution is 2.30. The van der Waals surface area contributed by atoms with Gasteiger partial charge in [-0.1, -0.05) is 41.6 Å². The maximum atomic E-state index is 14.5. The number of benzene rings is 2. The van der Waals surface area contributed by atoms with Crippen molar-refractivity contribution in [2.75, 3.05) is 4.72 Å². The molecule has 0 atom stereocenters. The van der Waals surface area contributed by atoms with Gasteiger partial charge in [0.1, 0.15) is 5.69 Å². The summed E-state index contributed by atoms with van der Waals surface area (Å²) in [6, 6.07) is 11.4. The molecule has 0 saturated carbocycles. The monoisotopic (exact) mass is 404 g/mol. The molecule has 1 heterocycles. The van der Waals surface area contributed by atoms with Crippen LogP contribution in [0, 0.1) is 23.5 Å². The molecule has 0 saturated heterocycles. The highest BCUT2D eigenvalue weighted by molar-refractivity contribution is 7.92. The normalized spacial score (nSPS) is 10.8. The molecule has 0 bridgehead atoms. The number of rotatable bonds is 3. The summed E-state index contributed by atoms with van der Waals surface area (Å²) in [5.74, 6) is 2.86. The highest BCUT2D eigenvalue weighted by atomic mass is 35.5. The first-order valence-electron chi connectivity index (χ1n) is 7.56. The summed E-state index contributed by atoms with van der Waals surface area (Å²) >= 11 is 5.92. The number of pyridine rings is 1. The number of hydrogen-bond donors (Lipinski definition) is 1. The molecule has 3 aromatic rings. The smallest absolute Gasteiger partial charge is 0.262 e. The van der Waals surface area contributed by atoms with Crippen molar-refractivity contribution in [1.82, 2.24) is 4.98 Å². The van der Waals surface area contributed by atoms with Crippen LogP contribution >= 0.6 is 11.6 Å². The molecule has 0 aliphatic rings. The maximum Gasteiger partial charge on any atom is 0.262 e. The van der Waals surface area contributed by atoms with E-state index in [1.54, 1.807) is 24.4 Å². The number of halogens is 3. The first-order valence-corrected chi connectivity index (χ1v) is 9.42. The standard InChI is InChI=1S/C19H11ClF2N2O2S/c20-17-14(9-8-13-5-4-10-23-12-13)11-16(21)19(18(17)22)24-27(25,26)15-6-2-1-3-7-15/h1-7,10-12,24H. The van der Waals surface area contributed by atoms with E-state index in [0.717, 1.165) is 6.07 Å². The fourth-order valence-corrected chi connectivity index (χ4v) is 3.43. The van der Waals surface area contributed by atoms with Crippen LogP contribution in [-0.4, -0.2) is 13.4 Å². The summed E-state index contributed by atoms with van der Waals surface area (Å²) in [4.78, 5) is 3.74. The molecule has 0 spiro atoms. The van der Waals surface area contributed by atoms with Crippen LogP contribution in [0.3, 0.4) is 0 Å². The molecule has 0 aliphatic heterocycles. The average molecular weight is 405 g/mol. The third-order valence-electron chi connectivity index (χ3n) is 3.45. The van der Waals surface area contributed by atoms with Crippen molar-refractivity contribution < 1.29 is 17.2 Å². The van der Waals surface area contributed by atoms with Gasteiger partial charge in [-0.05, 0) is 30.3 Å². The molecule has 0 aliphatic carbocycles. The zero-order valence-corrected chi connectivity index (χ0v) is 15.2. The summed E-state index contributed by atoms with van der Waals surface area (Å²) < 4.78 is 55.3. The van der Waals surface area contributed by atoms with Gasteiger partial charge in [0.15, 0.2) is 11.6 Å². The lowest BCUT2D eigenvalue weighted by Gasteiger charge is -2.11. The number of aromatic nitrogens is 1.